The number of hydrogen-bond acceptors (Lipinski definition) is 4. The molecular weight excluding hydrogens is 304 g/mol. The summed E-state index contributed by atoms with van der Waals surface area (Å²) < 4.78 is 10.5. The highest BCUT2D eigenvalue weighted by Gasteiger charge is 2.02. The predicted octanol–water partition coefficient (Wildman–Crippen LogP) is 2.88. The minimum atomic E-state index is -0.369. The van der Waals surface area contributed by atoms with E-state index in [9.17, 15) is 4.79 Å². The summed E-state index contributed by atoms with van der Waals surface area (Å²) >= 11 is 5.82. The lowest BCUT2D eigenvalue weighted by Gasteiger charge is -2.05. The quantitative estimate of drug-likeness (QED) is 0.658. The molecule has 1 amide bonds. The van der Waals surface area contributed by atoms with Crippen LogP contribution in [0.1, 0.15) is 5.56 Å². The van der Waals surface area contributed by atoms with Crippen molar-refractivity contribution in [2.75, 3.05) is 13.7 Å². The maximum absolute atomic E-state index is 11.6. The highest BCUT2D eigenvalue weighted by atomic mass is 35.5. The summed E-state index contributed by atoms with van der Waals surface area (Å²) in [6.07, 6.45) is 1.51. The Balaban J connectivity index is 1.83. The minimum absolute atomic E-state index is 0.149. The van der Waals surface area contributed by atoms with Crippen LogP contribution >= 0.6 is 11.6 Å². The molecule has 0 aliphatic carbocycles. The van der Waals surface area contributed by atoms with E-state index in [-0.39, 0.29) is 12.5 Å². The Labute approximate surface area is 133 Å². The first-order valence-corrected chi connectivity index (χ1v) is 6.90. The van der Waals surface area contributed by atoms with E-state index < -0.39 is 0 Å². The number of hydrogen-bond donors (Lipinski definition) is 1. The van der Waals surface area contributed by atoms with Gasteiger partial charge >= 0.3 is 0 Å². The number of halogens is 1. The van der Waals surface area contributed by atoms with Gasteiger partial charge in [-0.15, -0.1) is 0 Å². The molecule has 0 bridgehead atoms. The number of carbonyl (C=O) groups excluding carboxylic acids is 1. The van der Waals surface area contributed by atoms with Crippen LogP contribution in [-0.2, 0) is 4.79 Å². The lowest BCUT2D eigenvalue weighted by Crippen LogP contribution is -2.24. The molecule has 0 unspecified atom stereocenters. The molecular formula is C16H15ClN2O3. The molecule has 0 radical (unpaired) electrons. The van der Waals surface area contributed by atoms with Crippen molar-refractivity contribution in [1.82, 2.24) is 5.43 Å². The van der Waals surface area contributed by atoms with Gasteiger partial charge in [0.2, 0.25) is 0 Å². The van der Waals surface area contributed by atoms with E-state index in [1.54, 1.807) is 31.4 Å². The van der Waals surface area contributed by atoms with Crippen LogP contribution in [0, 0.1) is 0 Å². The Morgan fingerprint density at radius 2 is 2.09 bits per heavy atom. The van der Waals surface area contributed by atoms with E-state index >= 15 is 0 Å². The monoisotopic (exact) mass is 318 g/mol. The molecule has 6 heteroatoms. The Morgan fingerprint density at radius 3 is 2.86 bits per heavy atom. The van der Waals surface area contributed by atoms with Gasteiger partial charge in [-0.3, -0.25) is 4.79 Å². The van der Waals surface area contributed by atoms with Crippen molar-refractivity contribution < 1.29 is 14.3 Å². The molecule has 0 aliphatic rings. The van der Waals surface area contributed by atoms with Gasteiger partial charge in [0, 0.05) is 10.6 Å². The van der Waals surface area contributed by atoms with Crippen LogP contribution in [0.3, 0.4) is 0 Å². The highest BCUT2D eigenvalue weighted by Crippen LogP contribution is 2.17. The van der Waals surface area contributed by atoms with Crippen molar-refractivity contribution >= 4 is 23.7 Å². The Kier molecular flexibility index (Phi) is 5.80. The molecule has 0 aromatic heterocycles. The van der Waals surface area contributed by atoms with Crippen LogP contribution in [-0.4, -0.2) is 25.8 Å². The number of nitrogens with one attached hydrogen (secondary N) is 1. The number of ether oxygens (including phenoxy) is 2. The molecule has 0 atom stereocenters. The summed E-state index contributed by atoms with van der Waals surface area (Å²) in [7, 11) is 1.57. The summed E-state index contributed by atoms with van der Waals surface area (Å²) in [5.41, 5.74) is 3.15. The normalized spacial score (nSPS) is 10.5. The fourth-order valence-electron chi connectivity index (χ4n) is 1.68. The third-order valence-electron chi connectivity index (χ3n) is 2.70. The largest absolute Gasteiger partial charge is 0.496 e. The molecule has 5 nitrogen and oxygen atoms in total. The Bertz CT molecular complexity index is 674. The van der Waals surface area contributed by atoms with E-state index in [0.717, 1.165) is 5.56 Å². The minimum Gasteiger partial charge on any atom is -0.496 e. The zero-order valence-corrected chi connectivity index (χ0v) is 12.7. The van der Waals surface area contributed by atoms with Crippen molar-refractivity contribution in [2.24, 2.45) is 5.10 Å². The highest BCUT2D eigenvalue weighted by molar-refractivity contribution is 6.30. The molecule has 1 N–H and O–H groups in total. The molecule has 0 aliphatic heterocycles. The molecule has 0 saturated heterocycles. The number of benzene rings is 2. The van der Waals surface area contributed by atoms with E-state index in [4.69, 9.17) is 21.1 Å². The molecule has 114 valence electrons. The predicted molar refractivity (Wildman–Crippen MR) is 85.7 cm³/mol. The third kappa shape index (κ3) is 4.79. The van der Waals surface area contributed by atoms with Gasteiger partial charge in [-0.25, -0.2) is 5.43 Å². The number of rotatable bonds is 6. The van der Waals surface area contributed by atoms with E-state index in [0.29, 0.717) is 16.5 Å². The molecule has 22 heavy (non-hydrogen) atoms. The second-order valence-electron chi connectivity index (χ2n) is 4.28. The topological polar surface area (TPSA) is 59.9 Å². The summed E-state index contributed by atoms with van der Waals surface area (Å²) in [6.45, 7) is -0.149. The van der Waals surface area contributed by atoms with Gasteiger partial charge in [-0.2, -0.15) is 5.10 Å². The van der Waals surface area contributed by atoms with Crippen LogP contribution in [0.5, 0.6) is 11.5 Å². The van der Waals surface area contributed by atoms with Crippen molar-refractivity contribution in [2.45, 2.75) is 0 Å². The summed E-state index contributed by atoms with van der Waals surface area (Å²) in [4.78, 5) is 11.6. The average Bonchev–Trinajstić information content (AvgIpc) is 2.53. The Morgan fingerprint density at radius 1 is 1.27 bits per heavy atom. The molecule has 2 aromatic carbocycles. The van der Waals surface area contributed by atoms with Gasteiger partial charge in [0.25, 0.3) is 5.91 Å². The summed E-state index contributed by atoms with van der Waals surface area (Å²) in [6, 6.07) is 14.2. The number of methoxy groups -OCH3 is 1. The fraction of sp³-hybridized carbons (Fsp3) is 0.125. The van der Waals surface area contributed by atoms with Crippen LogP contribution in [0.4, 0.5) is 0 Å². The van der Waals surface area contributed by atoms with Gasteiger partial charge < -0.3 is 9.47 Å². The third-order valence-corrected chi connectivity index (χ3v) is 2.93. The fourth-order valence-corrected chi connectivity index (χ4v) is 1.87. The average molecular weight is 319 g/mol. The van der Waals surface area contributed by atoms with Crippen molar-refractivity contribution in [1.29, 1.82) is 0 Å². The second-order valence-corrected chi connectivity index (χ2v) is 4.72. The maximum atomic E-state index is 11.6. The Hall–Kier alpha value is -2.53. The zero-order chi connectivity index (χ0) is 15.8. The van der Waals surface area contributed by atoms with Crippen LogP contribution in [0.25, 0.3) is 0 Å². The van der Waals surface area contributed by atoms with E-state index in [1.807, 2.05) is 24.3 Å². The first-order valence-electron chi connectivity index (χ1n) is 6.52. The lowest BCUT2D eigenvalue weighted by molar-refractivity contribution is -0.123. The van der Waals surface area contributed by atoms with E-state index in [1.165, 1.54) is 6.21 Å². The molecule has 0 spiro atoms. The van der Waals surface area contributed by atoms with Crippen LogP contribution in [0.15, 0.2) is 53.6 Å². The summed E-state index contributed by atoms with van der Waals surface area (Å²) in [5.74, 6) is 0.832. The van der Waals surface area contributed by atoms with Crippen LogP contribution < -0.4 is 14.9 Å². The molecule has 0 saturated carbocycles. The van der Waals surface area contributed by atoms with Gasteiger partial charge in [0.05, 0.1) is 13.3 Å². The SMILES string of the molecule is COc1ccccc1/C=N\NC(=O)COc1cccc(Cl)c1. The van der Waals surface area contributed by atoms with Crippen molar-refractivity contribution in [3.05, 3.63) is 59.1 Å². The van der Waals surface area contributed by atoms with Gasteiger partial charge in [-0.05, 0) is 30.3 Å². The zero-order valence-electron chi connectivity index (χ0n) is 12.0. The lowest BCUT2D eigenvalue weighted by atomic mass is 10.2. The smallest absolute Gasteiger partial charge is 0.277 e. The first-order chi connectivity index (χ1) is 10.7. The molecule has 0 fully saturated rings. The maximum Gasteiger partial charge on any atom is 0.277 e. The number of nitrogens with zero attached hydrogens (tertiary/aromatic N) is 1. The van der Waals surface area contributed by atoms with Gasteiger partial charge in [-0.1, -0.05) is 29.8 Å². The number of amides is 1. The van der Waals surface area contributed by atoms with Gasteiger partial charge in [0.1, 0.15) is 11.5 Å². The van der Waals surface area contributed by atoms with E-state index in [2.05, 4.69) is 10.5 Å². The standard InChI is InChI=1S/C16H15ClN2O3/c1-21-15-8-3-2-5-12(15)10-18-19-16(20)11-22-14-7-4-6-13(17)9-14/h2-10H,11H2,1H3,(H,19,20)/b18-10-. The second kappa shape index (κ2) is 8.05. The molecule has 0 heterocycles. The number of hydrazone groups is 1. The van der Waals surface area contributed by atoms with Crippen LogP contribution in [0.2, 0.25) is 5.02 Å². The van der Waals surface area contributed by atoms with Crippen molar-refractivity contribution in [3.8, 4) is 11.5 Å². The van der Waals surface area contributed by atoms with Crippen molar-refractivity contribution in [3.63, 3.8) is 0 Å². The molecule has 2 aromatic rings. The summed E-state index contributed by atoms with van der Waals surface area (Å²) in [5, 5.41) is 4.42. The molecule has 2 rings (SSSR count). The number of carbonyl (C=O) groups is 1. The number of para-hydroxylation sites is 1. The van der Waals surface area contributed by atoms with Gasteiger partial charge in [0.15, 0.2) is 6.61 Å². The first kappa shape index (κ1) is 15.9.